The van der Waals surface area contributed by atoms with Gasteiger partial charge in [-0.3, -0.25) is 0 Å². The van der Waals surface area contributed by atoms with Gasteiger partial charge in [0.2, 0.25) is 34.1 Å². The molecule has 0 atom stereocenters. The van der Waals surface area contributed by atoms with Crippen molar-refractivity contribution in [2.75, 3.05) is 19.6 Å². The Morgan fingerprint density at radius 3 is 0.387 bits per heavy atom. The molecular formula is C78H136N18O8S2. The number of piperidine rings is 8. The third-order valence-corrected chi connectivity index (χ3v) is 27.9. The summed E-state index contributed by atoms with van der Waals surface area (Å²) in [6.45, 7) is 64.1. The van der Waals surface area contributed by atoms with Gasteiger partial charge in [-0.1, -0.05) is 0 Å². The highest BCUT2D eigenvalue weighted by Crippen LogP contribution is 2.54. The summed E-state index contributed by atoms with van der Waals surface area (Å²) < 4.78 is 0. The van der Waals surface area contributed by atoms with E-state index in [0.717, 1.165) is 0 Å². The molecule has 0 aliphatic carbocycles. The molecule has 0 unspecified atom stereocenters. The quantitative estimate of drug-likeness (QED) is 0.150. The minimum atomic E-state index is -0.836. The second-order valence-corrected chi connectivity index (χ2v) is 46.1. The van der Waals surface area contributed by atoms with Crippen LogP contribution in [0.25, 0.3) is 0 Å². The van der Waals surface area contributed by atoms with Gasteiger partial charge in [-0.05, 0) is 346 Å². The highest BCUT2D eigenvalue weighted by Gasteiger charge is 2.60. The van der Waals surface area contributed by atoms with E-state index in [-0.39, 0.29) is 48.3 Å². The number of aromatic nitrogens is 6. The molecule has 2 aromatic rings. The highest BCUT2D eigenvalue weighted by atomic mass is 33.1. The molecule has 2 aromatic heterocycles. The van der Waals surface area contributed by atoms with Gasteiger partial charge >= 0.3 is 0 Å². The van der Waals surface area contributed by atoms with Gasteiger partial charge in [-0.25, -0.2) is 0 Å². The molecule has 8 fully saturated rings. The van der Waals surface area contributed by atoms with Crippen LogP contribution in [-0.4, -0.2) is 207 Å². The third-order valence-electron chi connectivity index (χ3n) is 26.0. The molecule has 0 N–H and O–H groups in total. The standard InChI is InChI=1S/C78H136N18O8S2/c1-63(2)33-49(34-64(3,4)89(63)97)85(50-35-65(5,6)90(98)66(7,8)36-50)57-79-58(86(51-37-67(9,10)91(99)68(11,12)38-51)52-39-69(13,14)92(100)70(15,16)40-52)82-61(81-57)105-106-62-83-59(87(53-41-71(17,18)93(101)72(19,20)42-53)54-43-73(21,22)94(102)74(23,24)44-54)80-60(84-62)88(55-45-75(25,26)95(103)76(27,28)46-55)56-47-77(29,30)96(104)78(31,32)48-56/h49-56H,33-48H2,1-32H3. The average Bonchev–Trinajstić information content (AvgIpc) is 0.743. The molecule has 26 nitrogen and oxygen atoms in total. The molecule has 0 spiro atoms. The van der Waals surface area contributed by atoms with Gasteiger partial charge in [0.25, 0.3) is 0 Å². The van der Waals surface area contributed by atoms with E-state index in [4.69, 9.17) is 29.9 Å². The van der Waals surface area contributed by atoms with Crippen LogP contribution in [0.3, 0.4) is 0 Å². The lowest BCUT2D eigenvalue weighted by Crippen LogP contribution is -2.68. The Kier molecular flexibility index (Phi) is 22.2. The number of nitrogens with zero attached hydrogens (tertiary/aromatic N) is 18. The van der Waals surface area contributed by atoms with E-state index < -0.39 is 88.6 Å². The van der Waals surface area contributed by atoms with E-state index in [1.165, 1.54) is 62.1 Å². The molecule has 8 saturated heterocycles. The minimum absolute atomic E-state index is 0.313. The summed E-state index contributed by atoms with van der Waals surface area (Å²) in [5.41, 5.74) is -13.4. The predicted octanol–water partition coefficient (Wildman–Crippen LogP) is 15.0. The second-order valence-electron chi connectivity index (χ2n) is 44.1. The molecule has 10 rings (SSSR count). The Labute approximate surface area is 645 Å². The number of hydrogen-bond acceptors (Lipinski definition) is 20. The molecule has 0 bridgehead atoms. The second kappa shape index (κ2) is 27.5. The summed E-state index contributed by atoms with van der Waals surface area (Å²) in [5, 5.41) is 127. The molecule has 598 valence electrons. The zero-order valence-electron chi connectivity index (χ0n) is 71.1. The van der Waals surface area contributed by atoms with Gasteiger partial charge in [0.05, 0.1) is 0 Å². The van der Waals surface area contributed by atoms with Crippen LogP contribution in [0.4, 0.5) is 23.8 Å². The molecule has 106 heavy (non-hydrogen) atoms. The maximum atomic E-state index is 14.6. The summed E-state index contributed by atoms with van der Waals surface area (Å²) >= 11 is 0. The number of rotatable bonds is 15. The van der Waals surface area contributed by atoms with Gasteiger partial charge < -0.3 is 19.6 Å². The van der Waals surface area contributed by atoms with Gasteiger partial charge in [0.15, 0.2) is 0 Å². The Hall–Kier alpha value is -2.72. The fourth-order valence-electron chi connectivity index (χ4n) is 23.0. The van der Waals surface area contributed by atoms with Gasteiger partial charge in [0.1, 0.15) is 0 Å². The van der Waals surface area contributed by atoms with Gasteiger partial charge in [-0.2, -0.15) is 29.9 Å². The van der Waals surface area contributed by atoms with Crippen molar-refractivity contribution in [1.29, 1.82) is 0 Å². The molecule has 8 radical (unpaired) electrons. The smallest absolute Gasteiger partial charge is 0.231 e. The van der Waals surface area contributed by atoms with Crippen molar-refractivity contribution in [1.82, 2.24) is 70.4 Å². The lowest BCUT2D eigenvalue weighted by molar-refractivity contribution is -0.294. The maximum absolute atomic E-state index is 14.6. The van der Waals surface area contributed by atoms with Crippen molar-refractivity contribution < 1.29 is 41.7 Å². The van der Waals surface area contributed by atoms with E-state index >= 15 is 0 Å². The van der Waals surface area contributed by atoms with Crippen LogP contribution in [0.1, 0.15) is 324 Å². The molecule has 28 heteroatoms. The molecule has 8 aliphatic rings. The summed E-state index contributed by atoms with van der Waals surface area (Å²) in [5.74, 6) is 1.53. The highest BCUT2D eigenvalue weighted by molar-refractivity contribution is 8.76. The van der Waals surface area contributed by atoms with E-state index in [2.05, 4.69) is 19.6 Å². The fourth-order valence-corrected chi connectivity index (χ4v) is 24.6. The largest absolute Gasteiger partial charge is 0.334 e. The van der Waals surface area contributed by atoms with E-state index in [0.29, 0.717) is 137 Å². The predicted molar refractivity (Wildman–Crippen MR) is 411 cm³/mol. The molecule has 0 saturated carbocycles. The van der Waals surface area contributed by atoms with Crippen molar-refractivity contribution >= 4 is 45.4 Å². The molecular weight excluding hydrogens is 1380 g/mol. The molecule has 0 aromatic carbocycles. The first-order valence-electron chi connectivity index (χ1n) is 39.4. The normalized spacial score (nSPS) is 29.8. The van der Waals surface area contributed by atoms with E-state index in [9.17, 15) is 41.7 Å². The van der Waals surface area contributed by atoms with Crippen molar-refractivity contribution in [2.45, 2.75) is 472 Å². The lowest BCUT2D eigenvalue weighted by atomic mass is 9.74. The van der Waals surface area contributed by atoms with E-state index in [1.54, 1.807) is 0 Å². The summed E-state index contributed by atoms with van der Waals surface area (Å²) in [6, 6.07) is -2.51. The number of hydrogen-bond donors (Lipinski definition) is 0. The first kappa shape index (κ1) is 85.7. The van der Waals surface area contributed by atoms with Crippen LogP contribution in [0.5, 0.6) is 0 Å². The van der Waals surface area contributed by atoms with Gasteiger partial charge in [-0.15, -0.1) is 82.2 Å². The van der Waals surface area contributed by atoms with Gasteiger partial charge in [0, 0.05) is 137 Å². The zero-order valence-corrected chi connectivity index (χ0v) is 72.7. The van der Waals surface area contributed by atoms with Crippen molar-refractivity contribution in [3.8, 4) is 0 Å². The van der Waals surface area contributed by atoms with Crippen LogP contribution >= 0.6 is 21.6 Å². The summed E-state index contributed by atoms with van der Waals surface area (Å²) in [6.07, 6.45) is 7.23. The molecule has 10 heterocycles. The van der Waals surface area contributed by atoms with Crippen LogP contribution in [-0.2, 0) is 41.7 Å². The monoisotopic (exact) mass is 1520 g/mol. The topological polar surface area (TPSA) is 275 Å². The molecule has 0 amide bonds. The summed E-state index contributed by atoms with van der Waals surface area (Å²) in [7, 11) is 2.58. The Balaban J connectivity index is 1.26. The Morgan fingerprint density at radius 2 is 0.292 bits per heavy atom. The number of anilines is 4. The number of hydroxylamine groups is 16. The SMILES string of the molecule is CC1(C)CC(N(c2nc(SSc3nc(N(C4CC(C)(C)N([O])C(C)(C)C4)C4CC(C)(C)N([O])C(C)(C)C4)nc(N(C4CC(C)(C)N([O])C(C)(C)C4)C4CC(C)(C)N([O])C(C)(C)C4)n3)nc(N(C3CC(C)(C)N([O])C(C)(C)C3)C3CC(C)(C)N([O])C(C)(C)C3)n2)C2CC(C)(C)N([O])C(C)(C)C2)CC(C)(C)N1[O]. The van der Waals surface area contributed by atoms with Crippen molar-refractivity contribution in [3.63, 3.8) is 0 Å². The first-order chi connectivity index (χ1) is 47.6. The van der Waals surface area contributed by atoms with Crippen LogP contribution in [0.15, 0.2) is 10.3 Å². The maximum Gasteiger partial charge on any atom is 0.231 e. The third kappa shape index (κ3) is 16.3. The van der Waals surface area contributed by atoms with Crippen LogP contribution < -0.4 is 19.6 Å². The minimum Gasteiger partial charge on any atom is -0.334 e. The van der Waals surface area contributed by atoms with Crippen LogP contribution in [0.2, 0.25) is 0 Å². The van der Waals surface area contributed by atoms with E-state index in [1.807, 2.05) is 222 Å². The van der Waals surface area contributed by atoms with Crippen molar-refractivity contribution in [2.24, 2.45) is 0 Å². The Bertz CT molecular complexity index is 2760. The average molecular weight is 1520 g/mol. The van der Waals surface area contributed by atoms with Crippen molar-refractivity contribution in [3.05, 3.63) is 0 Å². The fraction of sp³-hybridized carbons (Fsp3) is 0.923. The summed E-state index contributed by atoms with van der Waals surface area (Å²) in [4.78, 5) is 43.8. The lowest BCUT2D eigenvalue weighted by Gasteiger charge is -2.58. The first-order valence-corrected chi connectivity index (χ1v) is 41.6. The Morgan fingerprint density at radius 1 is 0.198 bits per heavy atom. The molecule has 8 aliphatic heterocycles. The zero-order chi connectivity index (χ0) is 80.0. The van der Waals surface area contributed by atoms with Crippen LogP contribution in [0, 0.1) is 0 Å².